The van der Waals surface area contributed by atoms with Crippen LogP contribution in [0.1, 0.15) is 20.3 Å². The zero-order chi connectivity index (χ0) is 7.28. The number of hydrogen-bond donors (Lipinski definition) is 0. The standard InChI is InChI=1S/C7H11BrF.Na/c1-3-6(2)4-5-7(8)9;/h3,5-6H,4H2,1-2H3;/q-1;+1/t6-;/m1./s1. The van der Waals surface area contributed by atoms with Crippen molar-refractivity contribution in [2.45, 2.75) is 20.3 Å². The Kier molecular flexibility index (Phi) is 11.3. The van der Waals surface area contributed by atoms with Gasteiger partial charge in [0.25, 0.3) is 0 Å². The Hall–Kier alpha value is 1.15. The monoisotopic (exact) mass is 216 g/mol. The molecule has 0 heterocycles. The molecule has 0 amide bonds. The zero-order valence-corrected chi connectivity index (χ0v) is 10.3. The number of hydrogen-bond acceptors (Lipinski definition) is 0. The Labute approximate surface area is 92.7 Å². The van der Waals surface area contributed by atoms with E-state index in [-0.39, 0.29) is 34.3 Å². The van der Waals surface area contributed by atoms with Crippen LogP contribution in [0.15, 0.2) is 10.8 Å². The molecule has 0 aliphatic rings. The van der Waals surface area contributed by atoms with Gasteiger partial charge in [0.1, 0.15) is 0 Å². The minimum atomic E-state index is -0.267. The van der Waals surface area contributed by atoms with Crippen LogP contribution in [0.2, 0.25) is 0 Å². The van der Waals surface area contributed by atoms with Crippen molar-refractivity contribution >= 4 is 15.9 Å². The Bertz CT molecular complexity index is 99.8. The number of halogens is 2. The van der Waals surface area contributed by atoms with E-state index in [4.69, 9.17) is 0 Å². The maximum atomic E-state index is 12.0. The molecule has 0 nitrogen and oxygen atoms in total. The summed E-state index contributed by atoms with van der Waals surface area (Å²) in [7, 11) is 0. The third-order valence-corrected chi connectivity index (χ3v) is 1.54. The molecule has 0 aliphatic heterocycles. The normalized spacial score (nSPS) is 14.2. The predicted molar refractivity (Wildman–Crippen MR) is 41.9 cm³/mol. The first kappa shape index (κ1) is 13.7. The molecule has 54 valence electrons. The van der Waals surface area contributed by atoms with Crippen molar-refractivity contribution in [2.24, 2.45) is 5.92 Å². The van der Waals surface area contributed by atoms with E-state index in [1.54, 1.807) is 0 Å². The molecule has 0 aromatic carbocycles. The maximum absolute atomic E-state index is 12.0. The van der Waals surface area contributed by atoms with Gasteiger partial charge in [0.15, 0.2) is 4.74 Å². The summed E-state index contributed by atoms with van der Waals surface area (Å²) >= 11 is 2.71. The predicted octanol–water partition coefficient (Wildman–Crippen LogP) is 0.447. The summed E-state index contributed by atoms with van der Waals surface area (Å²) in [6, 6.07) is 0. The minimum Gasteiger partial charge on any atom is -0.328 e. The fraction of sp³-hybridized carbons (Fsp3) is 0.571. The summed E-state index contributed by atoms with van der Waals surface area (Å²) in [5.74, 6) is 0.466. The molecule has 0 fully saturated rings. The molecule has 0 unspecified atom stereocenters. The van der Waals surface area contributed by atoms with Gasteiger partial charge in [-0.2, -0.15) is 17.2 Å². The molecule has 0 aromatic heterocycles. The first-order valence-electron chi connectivity index (χ1n) is 2.97. The molecule has 10 heavy (non-hydrogen) atoms. The largest absolute Gasteiger partial charge is 1.00 e. The van der Waals surface area contributed by atoms with E-state index in [1.165, 1.54) is 6.08 Å². The Balaban J connectivity index is 0. The average molecular weight is 217 g/mol. The van der Waals surface area contributed by atoms with E-state index in [1.807, 2.05) is 20.3 Å². The van der Waals surface area contributed by atoms with Crippen molar-refractivity contribution in [3.05, 3.63) is 17.2 Å². The molecule has 0 saturated heterocycles. The Morgan fingerprint density at radius 3 is 2.60 bits per heavy atom. The van der Waals surface area contributed by atoms with E-state index in [0.29, 0.717) is 5.92 Å². The van der Waals surface area contributed by atoms with Gasteiger partial charge in [0.2, 0.25) is 0 Å². The number of rotatable bonds is 3. The second-order valence-electron chi connectivity index (χ2n) is 2.04. The molecule has 3 heteroatoms. The summed E-state index contributed by atoms with van der Waals surface area (Å²) in [6.07, 6.45) is 4.35. The molecular weight excluding hydrogens is 206 g/mol. The zero-order valence-electron chi connectivity index (χ0n) is 6.70. The van der Waals surface area contributed by atoms with Crippen LogP contribution in [-0.2, 0) is 0 Å². The second kappa shape index (κ2) is 8.25. The van der Waals surface area contributed by atoms with Crippen molar-refractivity contribution in [1.82, 2.24) is 0 Å². The molecule has 0 N–H and O–H groups in total. The topological polar surface area (TPSA) is 0 Å². The van der Waals surface area contributed by atoms with Crippen LogP contribution in [0.3, 0.4) is 0 Å². The molecule has 1 atom stereocenters. The van der Waals surface area contributed by atoms with Crippen molar-refractivity contribution < 1.29 is 33.9 Å². The van der Waals surface area contributed by atoms with Crippen LogP contribution in [0, 0.1) is 12.3 Å². The summed E-state index contributed by atoms with van der Waals surface area (Å²) in [5, 5.41) is 0. The van der Waals surface area contributed by atoms with Gasteiger partial charge in [0, 0.05) is 0 Å². The van der Waals surface area contributed by atoms with E-state index in [2.05, 4.69) is 15.9 Å². The van der Waals surface area contributed by atoms with Gasteiger partial charge in [-0.1, -0.05) is 13.3 Å². The number of allylic oxidation sites excluding steroid dienone is 1. The van der Waals surface area contributed by atoms with E-state index < -0.39 is 0 Å². The van der Waals surface area contributed by atoms with Crippen LogP contribution >= 0.6 is 15.9 Å². The van der Waals surface area contributed by atoms with Gasteiger partial charge >= 0.3 is 29.6 Å². The van der Waals surface area contributed by atoms with Crippen molar-refractivity contribution in [2.75, 3.05) is 0 Å². The first-order valence-corrected chi connectivity index (χ1v) is 3.76. The fourth-order valence-electron chi connectivity index (χ4n) is 0.411. The van der Waals surface area contributed by atoms with Gasteiger partial charge < -0.3 is 6.42 Å². The van der Waals surface area contributed by atoms with Gasteiger partial charge in [-0.05, 0) is 22.0 Å². The molecule has 0 radical (unpaired) electrons. The molecule has 0 aromatic rings. The Morgan fingerprint density at radius 1 is 1.80 bits per heavy atom. The average Bonchev–Trinajstić information content (AvgIpc) is 1.83. The smallest absolute Gasteiger partial charge is 0.328 e. The first-order chi connectivity index (χ1) is 4.16. The molecule has 0 aliphatic carbocycles. The summed E-state index contributed by atoms with van der Waals surface area (Å²) in [4.78, 5) is 0. The van der Waals surface area contributed by atoms with Crippen LogP contribution in [0.4, 0.5) is 4.39 Å². The van der Waals surface area contributed by atoms with E-state index in [9.17, 15) is 4.39 Å². The van der Waals surface area contributed by atoms with Crippen LogP contribution in [0.25, 0.3) is 0 Å². The van der Waals surface area contributed by atoms with Crippen molar-refractivity contribution in [3.8, 4) is 0 Å². The molecule has 0 rings (SSSR count). The van der Waals surface area contributed by atoms with Gasteiger partial charge in [-0.3, -0.25) is 0 Å². The SMILES string of the molecule is C[CH-][C@@H](C)CC=C(F)Br.[Na+]. The molecule has 0 saturated carbocycles. The minimum absolute atomic E-state index is 0. The second-order valence-corrected chi connectivity index (χ2v) is 2.80. The van der Waals surface area contributed by atoms with E-state index in [0.717, 1.165) is 6.42 Å². The quantitative estimate of drug-likeness (QED) is 0.475. The third kappa shape index (κ3) is 9.15. The fourth-order valence-corrected chi connectivity index (χ4v) is 0.598. The van der Waals surface area contributed by atoms with Crippen molar-refractivity contribution in [1.29, 1.82) is 0 Å². The van der Waals surface area contributed by atoms with Crippen LogP contribution < -0.4 is 29.6 Å². The molecule has 0 spiro atoms. The van der Waals surface area contributed by atoms with Gasteiger partial charge in [-0.25, -0.2) is 0 Å². The van der Waals surface area contributed by atoms with E-state index >= 15 is 0 Å². The summed E-state index contributed by atoms with van der Waals surface area (Å²) in [5.41, 5.74) is 0. The van der Waals surface area contributed by atoms with Crippen molar-refractivity contribution in [3.63, 3.8) is 0 Å². The van der Waals surface area contributed by atoms with Gasteiger partial charge in [0.05, 0.1) is 0 Å². The third-order valence-electron chi connectivity index (χ3n) is 1.21. The van der Waals surface area contributed by atoms with Gasteiger partial charge in [-0.15, -0.1) is 0 Å². The molecule has 0 bridgehead atoms. The summed E-state index contributed by atoms with van der Waals surface area (Å²) < 4.78 is 11.7. The van der Waals surface area contributed by atoms with Crippen LogP contribution in [0.5, 0.6) is 0 Å². The van der Waals surface area contributed by atoms with Crippen LogP contribution in [-0.4, -0.2) is 0 Å². The summed E-state index contributed by atoms with van der Waals surface area (Å²) in [6.45, 7) is 4.02. The molecular formula is C7H11BrFNa. The Morgan fingerprint density at radius 2 is 2.30 bits per heavy atom. The maximum Gasteiger partial charge on any atom is 1.00 e.